The third-order valence-electron chi connectivity index (χ3n) is 7.90. The Morgan fingerprint density at radius 3 is 2.60 bits per heavy atom. The number of anilines is 2. The molecule has 2 bridgehead atoms. The summed E-state index contributed by atoms with van der Waals surface area (Å²) < 4.78 is 13.2. The fourth-order valence-electron chi connectivity index (χ4n) is 5.93. The molecule has 0 spiro atoms. The molecule has 4 saturated heterocycles. The van der Waals surface area contributed by atoms with Crippen LogP contribution in [0.4, 0.5) is 20.6 Å². The van der Waals surface area contributed by atoms with E-state index >= 15 is 0 Å². The number of piperidine rings is 3. The smallest absolute Gasteiger partial charge is 0.319 e. The molecule has 6 rings (SSSR count). The normalized spacial score (nSPS) is 26.5. The number of piperazine rings is 1. The number of amides is 2. The molecule has 35 heavy (non-hydrogen) atoms. The van der Waals surface area contributed by atoms with E-state index in [0.29, 0.717) is 18.5 Å². The van der Waals surface area contributed by atoms with Crippen LogP contribution in [0, 0.1) is 17.7 Å². The van der Waals surface area contributed by atoms with Gasteiger partial charge in [-0.05, 0) is 79.9 Å². The lowest BCUT2D eigenvalue weighted by Gasteiger charge is -2.51. The van der Waals surface area contributed by atoms with Crippen molar-refractivity contribution in [2.75, 3.05) is 68.8 Å². The van der Waals surface area contributed by atoms with Crippen LogP contribution in [0.25, 0.3) is 0 Å². The van der Waals surface area contributed by atoms with Crippen LogP contribution < -0.4 is 15.5 Å². The summed E-state index contributed by atoms with van der Waals surface area (Å²) in [6, 6.07) is 15.1. The fraction of sp³-hybridized carbons (Fsp3) is 0.519. The Hall–Kier alpha value is -2.29. The van der Waals surface area contributed by atoms with Crippen LogP contribution in [-0.4, -0.2) is 80.5 Å². The molecule has 4 fully saturated rings. The van der Waals surface area contributed by atoms with E-state index in [-0.39, 0.29) is 11.8 Å². The van der Waals surface area contributed by atoms with Crippen molar-refractivity contribution in [2.45, 2.75) is 23.8 Å². The topological polar surface area (TPSA) is 50.9 Å². The highest BCUT2D eigenvalue weighted by Gasteiger charge is 2.40. The van der Waals surface area contributed by atoms with Crippen molar-refractivity contribution in [3.05, 3.63) is 54.3 Å². The second kappa shape index (κ2) is 11.2. The molecular weight excluding hydrogens is 461 g/mol. The second-order valence-electron chi connectivity index (χ2n) is 10.0. The largest absolute Gasteiger partial charge is 0.369 e. The minimum absolute atomic E-state index is 0.124. The Morgan fingerprint density at radius 2 is 1.89 bits per heavy atom. The molecule has 0 radical (unpaired) electrons. The number of nitrogens with one attached hydrogen (secondary N) is 2. The summed E-state index contributed by atoms with van der Waals surface area (Å²) in [7, 11) is 0. The summed E-state index contributed by atoms with van der Waals surface area (Å²) in [6.45, 7) is 8.24. The van der Waals surface area contributed by atoms with Crippen molar-refractivity contribution >= 4 is 29.2 Å². The van der Waals surface area contributed by atoms with Gasteiger partial charge in [-0.2, -0.15) is 0 Å². The van der Waals surface area contributed by atoms with Crippen LogP contribution in [0.3, 0.4) is 0 Å². The second-order valence-corrected chi connectivity index (χ2v) is 10.9. The number of halogens is 1. The van der Waals surface area contributed by atoms with E-state index in [4.69, 9.17) is 0 Å². The van der Waals surface area contributed by atoms with Crippen LogP contribution in [-0.2, 0) is 0 Å². The number of fused-ring (bicyclic) bond motifs is 3. The van der Waals surface area contributed by atoms with Gasteiger partial charge in [0.25, 0.3) is 0 Å². The molecule has 188 valence electrons. The molecule has 0 saturated carbocycles. The number of nitrogens with zero attached hydrogens (tertiary/aromatic N) is 3. The van der Waals surface area contributed by atoms with Gasteiger partial charge in [0.1, 0.15) is 5.82 Å². The predicted octanol–water partition coefficient (Wildman–Crippen LogP) is 4.20. The van der Waals surface area contributed by atoms with Gasteiger partial charge in [-0.3, -0.25) is 9.80 Å². The van der Waals surface area contributed by atoms with E-state index in [2.05, 4.69) is 25.3 Å². The highest BCUT2D eigenvalue weighted by molar-refractivity contribution is 7.98. The number of benzene rings is 2. The first kappa shape index (κ1) is 24.4. The maximum Gasteiger partial charge on any atom is 0.319 e. The zero-order valence-electron chi connectivity index (χ0n) is 20.5. The summed E-state index contributed by atoms with van der Waals surface area (Å²) >= 11 is 1.67. The molecule has 2 aromatic carbocycles. The van der Waals surface area contributed by atoms with Gasteiger partial charge >= 0.3 is 6.03 Å². The molecule has 8 heteroatoms. The van der Waals surface area contributed by atoms with Crippen molar-refractivity contribution in [3.8, 4) is 0 Å². The molecule has 2 N–H and O–H groups in total. The molecule has 6 nitrogen and oxygen atoms in total. The summed E-state index contributed by atoms with van der Waals surface area (Å²) in [6.07, 6.45) is 4.47. The van der Waals surface area contributed by atoms with Crippen LogP contribution in [0.5, 0.6) is 0 Å². The number of rotatable bonds is 7. The molecule has 4 unspecified atom stereocenters. The number of hydrogen-bond donors (Lipinski definition) is 2. The molecule has 0 aromatic heterocycles. The lowest BCUT2D eigenvalue weighted by Crippen LogP contribution is -2.59. The molecule has 2 aromatic rings. The van der Waals surface area contributed by atoms with Gasteiger partial charge in [0.15, 0.2) is 0 Å². The van der Waals surface area contributed by atoms with E-state index in [1.807, 2.05) is 42.7 Å². The summed E-state index contributed by atoms with van der Waals surface area (Å²) in [4.78, 5) is 21.2. The lowest BCUT2D eigenvalue weighted by atomic mass is 9.75. The maximum atomic E-state index is 13.2. The van der Waals surface area contributed by atoms with E-state index in [1.54, 1.807) is 23.9 Å². The van der Waals surface area contributed by atoms with Gasteiger partial charge in [0.2, 0.25) is 0 Å². The Morgan fingerprint density at radius 1 is 1.09 bits per heavy atom. The van der Waals surface area contributed by atoms with Crippen LogP contribution in [0.1, 0.15) is 12.8 Å². The van der Waals surface area contributed by atoms with Crippen LogP contribution in [0.2, 0.25) is 0 Å². The number of hydrogen-bond acceptors (Lipinski definition) is 5. The average molecular weight is 498 g/mol. The Kier molecular flexibility index (Phi) is 7.80. The Balaban J connectivity index is 1.06. The number of carbonyl (C=O) groups excluding carboxylic acids is 1. The first-order valence-electron chi connectivity index (χ1n) is 12.7. The standard InChI is InChI=1S/C27H36FN5OS/c1-35-26-4-2-3-23(16-26)30-27(34)29-17-25-15-20-9-10-33(25)19-21(20)18-31-11-13-32(14-12-31)24-7-5-22(28)6-8-24/h2-8,16,20-21,25H,9-15,17-19H2,1H3,(H2,29,30,34). The van der Waals surface area contributed by atoms with Gasteiger partial charge in [0.05, 0.1) is 0 Å². The van der Waals surface area contributed by atoms with Crippen molar-refractivity contribution < 1.29 is 9.18 Å². The van der Waals surface area contributed by atoms with Gasteiger partial charge < -0.3 is 15.5 Å². The third kappa shape index (κ3) is 6.11. The Labute approximate surface area is 212 Å². The van der Waals surface area contributed by atoms with Gasteiger partial charge in [-0.15, -0.1) is 11.8 Å². The number of urea groups is 1. The highest BCUT2D eigenvalue weighted by atomic mass is 32.2. The SMILES string of the molecule is CSc1cccc(NC(=O)NCC2CC3CCN2CC3CN2CCN(c3ccc(F)cc3)CC2)c1. The average Bonchev–Trinajstić information content (AvgIpc) is 2.89. The summed E-state index contributed by atoms with van der Waals surface area (Å²) in [5.41, 5.74) is 1.95. The van der Waals surface area contributed by atoms with E-state index < -0.39 is 0 Å². The van der Waals surface area contributed by atoms with Crippen molar-refractivity contribution in [3.63, 3.8) is 0 Å². The van der Waals surface area contributed by atoms with Crippen LogP contribution >= 0.6 is 11.8 Å². The minimum atomic E-state index is -0.176. The molecule has 4 atom stereocenters. The monoisotopic (exact) mass is 497 g/mol. The molecule has 2 amide bonds. The zero-order valence-corrected chi connectivity index (χ0v) is 21.3. The van der Waals surface area contributed by atoms with Crippen molar-refractivity contribution in [1.82, 2.24) is 15.1 Å². The number of carbonyl (C=O) groups is 1. The third-order valence-corrected chi connectivity index (χ3v) is 8.62. The predicted molar refractivity (Wildman–Crippen MR) is 142 cm³/mol. The van der Waals surface area contributed by atoms with E-state index in [1.165, 1.54) is 12.8 Å². The molecular formula is C27H36FN5OS. The Bertz CT molecular complexity index is 997. The minimum Gasteiger partial charge on any atom is -0.369 e. The molecule has 4 aliphatic heterocycles. The summed E-state index contributed by atoms with van der Waals surface area (Å²) in [5, 5.41) is 6.08. The highest BCUT2D eigenvalue weighted by Crippen LogP contribution is 2.36. The summed E-state index contributed by atoms with van der Waals surface area (Å²) in [5.74, 6) is 1.27. The quantitative estimate of drug-likeness (QED) is 0.562. The van der Waals surface area contributed by atoms with Crippen molar-refractivity contribution in [2.24, 2.45) is 11.8 Å². The molecule has 0 aliphatic carbocycles. The lowest BCUT2D eigenvalue weighted by molar-refractivity contribution is -0.0114. The van der Waals surface area contributed by atoms with Gasteiger partial charge in [0, 0.05) is 68.1 Å². The maximum absolute atomic E-state index is 13.2. The van der Waals surface area contributed by atoms with Crippen molar-refractivity contribution in [1.29, 1.82) is 0 Å². The van der Waals surface area contributed by atoms with E-state index in [0.717, 1.165) is 68.0 Å². The van der Waals surface area contributed by atoms with E-state index in [9.17, 15) is 9.18 Å². The zero-order chi connectivity index (χ0) is 24.2. The fourth-order valence-corrected chi connectivity index (χ4v) is 6.39. The first-order chi connectivity index (χ1) is 17.1. The molecule has 4 heterocycles. The number of thioether (sulfide) groups is 1. The molecule has 4 aliphatic rings. The van der Waals surface area contributed by atoms with Gasteiger partial charge in [-0.1, -0.05) is 6.07 Å². The van der Waals surface area contributed by atoms with Crippen LogP contribution in [0.15, 0.2) is 53.4 Å². The first-order valence-corrected chi connectivity index (χ1v) is 14.0. The van der Waals surface area contributed by atoms with Gasteiger partial charge in [-0.25, -0.2) is 9.18 Å².